The van der Waals surface area contributed by atoms with Crippen LogP contribution < -0.4 is 5.73 Å². The Hall–Kier alpha value is -2.27. The van der Waals surface area contributed by atoms with E-state index in [2.05, 4.69) is 15.1 Å². The molecule has 0 aliphatic carbocycles. The second-order valence-corrected chi connectivity index (χ2v) is 4.41. The highest BCUT2D eigenvalue weighted by molar-refractivity contribution is 5.59. The van der Waals surface area contributed by atoms with Crippen LogP contribution in [0.5, 0.6) is 0 Å². The van der Waals surface area contributed by atoms with Crippen LogP contribution >= 0.6 is 0 Å². The number of nitrogens with zero attached hydrogens (tertiary/aromatic N) is 4. The fraction of sp³-hybridized carbons (Fsp3) is 0.214. The highest BCUT2D eigenvalue weighted by Crippen LogP contribution is 2.18. The van der Waals surface area contributed by atoms with Gasteiger partial charge in [-0.15, -0.1) is 0 Å². The summed E-state index contributed by atoms with van der Waals surface area (Å²) in [4.78, 5) is 8.62. The molecule has 3 aromatic heterocycles. The quantitative estimate of drug-likeness (QED) is 0.769. The SMILES string of the molecule is Cc1nc2ccc(-c3cccnc3)nn2c1CCN. The van der Waals surface area contributed by atoms with Gasteiger partial charge >= 0.3 is 0 Å². The van der Waals surface area contributed by atoms with E-state index in [9.17, 15) is 0 Å². The maximum absolute atomic E-state index is 5.65. The molecule has 19 heavy (non-hydrogen) atoms. The molecule has 0 amide bonds. The number of nitrogens with two attached hydrogens (primary N) is 1. The molecule has 3 rings (SSSR count). The van der Waals surface area contributed by atoms with Gasteiger partial charge in [0.25, 0.3) is 0 Å². The van der Waals surface area contributed by atoms with Gasteiger partial charge < -0.3 is 5.73 Å². The second-order valence-electron chi connectivity index (χ2n) is 4.41. The van der Waals surface area contributed by atoms with E-state index in [1.165, 1.54) is 0 Å². The van der Waals surface area contributed by atoms with Crippen molar-refractivity contribution in [2.45, 2.75) is 13.3 Å². The number of fused-ring (bicyclic) bond motifs is 1. The van der Waals surface area contributed by atoms with Crippen LogP contribution in [-0.4, -0.2) is 26.1 Å². The Kier molecular flexibility index (Phi) is 2.97. The van der Waals surface area contributed by atoms with Crippen LogP contribution in [0.15, 0.2) is 36.7 Å². The van der Waals surface area contributed by atoms with E-state index in [0.29, 0.717) is 6.54 Å². The lowest BCUT2D eigenvalue weighted by molar-refractivity contribution is 0.823. The Morgan fingerprint density at radius 3 is 2.89 bits per heavy atom. The molecule has 0 unspecified atom stereocenters. The van der Waals surface area contributed by atoms with Gasteiger partial charge in [0.1, 0.15) is 0 Å². The summed E-state index contributed by atoms with van der Waals surface area (Å²) in [5.41, 5.74) is 10.4. The maximum Gasteiger partial charge on any atom is 0.154 e. The smallest absolute Gasteiger partial charge is 0.154 e. The van der Waals surface area contributed by atoms with Gasteiger partial charge in [-0.3, -0.25) is 4.98 Å². The third-order valence-electron chi connectivity index (χ3n) is 3.11. The van der Waals surface area contributed by atoms with Gasteiger partial charge in [-0.25, -0.2) is 9.50 Å². The van der Waals surface area contributed by atoms with Gasteiger partial charge in [-0.1, -0.05) is 0 Å². The summed E-state index contributed by atoms with van der Waals surface area (Å²) >= 11 is 0. The normalized spacial score (nSPS) is 11.1. The lowest BCUT2D eigenvalue weighted by Gasteiger charge is -2.03. The first-order valence-electron chi connectivity index (χ1n) is 6.25. The van der Waals surface area contributed by atoms with E-state index in [1.807, 2.05) is 35.7 Å². The topological polar surface area (TPSA) is 69.1 Å². The molecule has 0 aromatic carbocycles. The molecule has 96 valence electrons. The summed E-state index contributed by atoms with van der Waals surface area (Å²) in [6.45, 7) is 2.58. The van der Waals surface area contributed by atoms with Crippen molar-refractivity contribution in [2.24, 2.45) is 5.73 Å². The van der Waals surface area contributed by atoms with Crippen molar-refractivity contribution in [3.63, 3.8) is 0 Å². The first-order valence-corrected chi connectivity index (χ1v) is 6.25. The predicted molar refractivity (Wildman–Crippen MR) is 73.7 cm³/mol. The van der Waals surface area contributed by atoms with E-state index >= 15 is 0 Å². The summed E-state index contributed by atoms with van der Waals surface area (Å²) in [6, 6.07) is 7.84. The molecule has 5 heteroatoms. The fourth-order valence-corrected chi connectivity index (χ4v) is 2.18. The molecule has 3 aromatic rings. The highest BCUT2D eigenvalue weighted by Gasteiger charge is 2.10. The van der Waals surface area contributed by atoms with Crippen LogP contribution in [0.25, 0.3) is 16.9 Å². The zero-order chi connectivity index (χ0) is 13.2. The number of hydrogen-bond donors (Lipinski definition) is 1. The second kappa shape index (κ2) is 4.78. The molecule has 0 aliphatic heterocycles. The van der Waals surface area contributed by atoms with E-state index in [0.717, 1.165) is 34.7 Å². The summed E-state index contributed by atoms with van der Waals surface area (Å²) in [5, 5.41) is 4.64. The minimum atomic E-state index is 0.591. The van der Waals surface area contributed by atoms with Gasteiger partial charge in [-0.05, 0) is 37.7 Å². The minimum Gasteiger partial charge on any atom is -0.330 e. The minimum absolute atomic E-state index is 0.591. The number of aromatic nitrogens is 4. The van der Waals surface area contributed by atoms with Crippen LogP contribution in [0.2, 0.25) is 0 Å². The fourth-order valence-electron chi connectivity index (χ4n) is 2.18. The van der Waals surface area contributed by atoms with Gasteiger partial charge in [0, 0.05) is 24.4 Å². The first kappa shape index (κ1) is 11.8. The first-order chi connectivity index (χ1) is 9.29. The Balaban J connectivity index is 2.17. The number of imidazole rings is 1. The van der Waals surface area contributed by atoms with Gasteiger partial charge in [0.2, 0.25) is 0 Å². The Morgan fingerprint density at radius 2 is 2.16 bits per heavy atom. The monoisotopic (exact) mass is 253 g/mol. The molecule has 0 spiro atoms. The number of aryl methyl sites for hydroxylation is 1. The number of pyridine rings is 1. The molecule has 3 heterocycles. The Bertz CT molecular complexity index is 702. The molecule has 2 N–H and O–H groups in total. The van der Waals surface area contributed by atoms with Crippen LogP contribution in [0, 0.1) is 6.92 Å². The number of rotatable bonds is 3. The molecule has 0 fully saturated rings. The van der Waals surface area contributed by atoms with Gasteiger partial charge in [0.05, 0.1) is 17.1 Å². The summed E-state index contributed by atoms with van der Waals surface area (Å²) in [5.74, 6) is 0. The summed E-state index contributed by atoms with van der Waals surface area (Å²) < 4.78 is 1.88. The lowest BCUT2D eigenvalue weighted by atomic mass is 10.2. The molecule has 5 nitrogen and oxygen atoms in total. The van der Waals surface area contributed by atoms with Crippen LogP contribution in [0.1, 0.15) is 11.4 Å². The molecule has 0 radical (unpaired) electrons. The largest absolute Gasteiger partial charge is 0.330 e. The van der Waals surface area contributed by atoms with Crippen LogP contribution in [-0.2, 0) is 6.42 Å². The van der Waals surface area contributed by atoms with Crippen molar-refractivity contribution in [1.29, 1.82) is 0 Å². The molecule has 0 aliphatic rings. The van der Waals surface area contributed by atoms with Crippen molar-refractivity contribution >= 4 is 5.65 Å². The average molecular weight is 253 g/mol. The third-order valence-corrected chi connectivity index (χ3v) is 3.11. The summed E-state index contributed by atoms with van der Waals surface area (Å²) in [7, 11) is 0. The van der Waals surface area contributed by atoms with E-state index < -0.39 is 0 Å². The molecular formula is C14H15N5. The molecule has 0 saturated carbocycles. The maximum atomic E-state index is 5.65. The predicted octanol–water partition coefficient (Wildman–Crippen LogP) is 1.60. The standard InChI is InChI=1S/C14H15N5/c1-10-13(6-7-15)19-14(17-10)5-4-12(18-19)11-3-2-8-16-9-11/h2-5,8-9H,6-7,15H2,1H3. The van der Waals surface area contributed by atoms with Crippen molar-refractivity contribution < 1.29 is 0 Å². The van der Waals surface area contributed by atoms with Gasteiger partial charge in [0.15, 0.2) is 5.65 Å². The molecular weight excluding hydrogens is 238 g/mol. The summed E-state index contributed by atoms with van der Waals surface area (Å²) in [6.07, 6.45) is 4.33. The van der Waals surface area contributed by atoms with E-state index in [-0.39, 0.29) is 0 Å². The number of hydrogen-bond acceptors (Lipinski definition) is 4. The van der Waals surface area contributed by atoms with Crippen LogP contribution in [0.3, 0.4) is 0 Å². The highest BCUT2D eigenvalue weighted by atomic mass is 15.3. The average Bonchev–Trinajstić information content (AvgIpc) is 2.76. The van der Waals surface area contributed by atoms with Crippen LogP contribution in [0.4, 0.5) is 0 Å². The van der Waals surface area contributed by atoms with Gasteiger partial charge in [-0.2, -0.15) is 5.10 Å². The van der Waals surface area contributed by atoms with Crippen molar-refractivity contribution in [1.82, 2.24) is 19.6 Å². The lowest BCUT2D eigenvalue weighted by Crippen LogP contribution is -2.08. The van der Waals surface area contributed by atoms with E-state index in [4.69, 9.17) is 5.73 Å². The Morgan fingerprint density at radius 1 is 1.26 bits per heavy atom. The van der Waals surface area contributed by atoms with Crippen molar-refractivity contribution in [3.8, 4) is 11.3 Å². The zero-order valence-electron chi connectivity index (χ0n) is 10.7. The van der Waals surface area contributed by atoms with Crippen molar-refractivity contribution in [3.05, 3.63) is 48.0 Å². The van der Waals surface area contributed by atoms with Crippen molar-refractivity contribution in [2.75, 3.05) is 6.54 Å². The molecule has 0 saturated heterocycles. The molecule has 0 atom stereocenters. The molecule has 0 bridgehead atoms. The zero-order valence-corrected chi connectivity index (χ0v) is 10.7. The van der Waals surface area contributed by atoms with E-state index in [1.54, 1.807) is 12.4 Å². The third kappa shape index (κ3) is 2.08. The Labute approximate surface area is 111 Å².